The lowest BCUT2D eigenvalue weighted by Crippen LogP contribution is -2.69. The largest absolute Gasteiger partial charge is 0.469 e. The van der Waals surface area contributed by atoms with Gasteiger partial charge in [0.05, 0.1) is 5.75 Å². The summed E-state index contributed by atoms with van der Waals surface area (Å²) in [4.78, 5) is 13.0. The molecule has 1 saturated carbocycles. The average molecular weight is 601 g/mol. The van der Waals surface area contributed by atoms with Crippen molar-refractivity contribution in [3.63, 3.8) is 0 Å². The molecular weight excluding hydrogens is 575 g/mol. The minimum Gasteiger partial charge on any atom is -0.469 e. The molecule has 0 aromatic heterocycles. The average Bonchev–Trinajstić information content (AvgIpc) is 3.45. The second kappa shape index (κ2) is 11.5. The summed E-state index contributed by atoms with van der Waals surface area (Å²) in [6.45, 7) is 0. The van der Waals surface area contributed by atoms with Crippen molar-refractivity contribution in [2.75, 3.05) is 5.75 Å². The molecule has 1 fully saturated rings. The molecule has 5 nitrogen and oxygen atoms in total. The van der Waals surface area contributed by atoms with Crippen LogP contribution >= 0.6 is 11.8 Å². The zero-order chi connectivity index (χ0) is 29.2. The summed E-state index contributed by atoms with van der Waals surface area (Å²) in [5, 5.41) is -5.73. The van der Waals surface area contributed by atoms with Crippen LogP contribution in [0.2, 0.25) is 0 Å². The van der Waals surface area contributed by atoms with Crippen molar-refractivity contribution in [3.8, 4) is 16.9 Å². The van der Waals surface area contributed by atoms with Gasteiger partial charge >= 0.3 is 21.5 Å². The van der Waals surface area contributed by atoms with Crippen molar-refractivity contribution < 1.29 is 44.5 Å². The number of hydrogen-bond donors (Lipinski definition) is 1. The van der Waals surface area contributed by atoms with Crippen LogP contribution in [0.15, 0.2) is 83.8 Å². The van der Waals surface area contributed by atoms with Crippen molar-refractivity contribution in [2.45, 2.75) is 47.6 Å². The van der Waals surface area contributed by atoms with Gasteiger partial charge in [0.15, 0.2) is 5.78 Å². The topological polar surface area (TPSA) is 80.7 Å². The molecule has 1 aliphatic rings. The highest BCUT2D eigenvalue weighted by molar-refractivity contribution is 8.00. The fraction of sp³-hybridized carbons (Fsp3) is 0.321. The van der Waals surface area contributed by atoms with Gasteiger partial charge in [0.25, 0.3) is 5.60 Å². The monoisotopic (exact) mass is 600 g/mol. The minimum atomic E-state index is -6.57. The van der Waals surface area contributed by atoms with Gasteiger partial charge in [0.1, 0.15) is 5.75 Å². The van der Waals surface area contributed by atoms with Crippen molar-refractivity contribution >= 4 is 27.7 Å². The molecule has 0 saturated heterocycles. The van der Waals surface area contributed by atoms with Crippen LogP contribution in [0, 0.1) is 5.92 Å². The molecule has 12 heteroatoms. The van der Waals surface area contributed by atoms with Gasteiger partial charge in [-0.05, 0) is 30.5 Å². The highest BCUT2D eigenvalue weighted by Crippen LogP contribution is 2.57. The smallest absolute Gasteiger partial charge is 0.435 e. The van der Waals surface area contributed by atoms with Gasteiger partial charge < -0.3 is 4.74 Å². The van der Waals surface area contributed by atoms with E-state index < -0.39 is 38.8 Å². The van der Waals surface area contributed by atoms with Crippen molar-refractivity contribution in [3.05, 3.63) is 84.4 Å². The summed E-state index contributed by atoms with van der Waals surface area (Å²) in [6, 6.07) is 20.0. The first-order valence-corrected chi connectivity index (χ1v) is 14.7. The molecular formula is C28H25F5O5S2. The molecule has 0 spiro atoms. The first kappa shape index (κ1) is 30.0. The second-order valence-corrected chi connectivity index (χ2v) is 11.9. The Kier molecular flexibility index (Phi) is 8.63. The van der Waals surface area contributed by atoms with E-state index in [1.54, 1.807) is 48.5 Å². The number of hydrogen-bond acceptors (Lipinski definition) is 5. The summed E-state index contributed by atoms with van der Waals surface area (Å²) in [6.07, 6.45) is -6.37. The van der Waals surface area contributed by atoms with E-state index in [-0.39, 0.29) is 47.7 Å². The van der Waals surface area contributed by atoms with E-state index in [2.05, 4.69) is 0 Å². The number of benzene rings is 3. The number of ketones is 1. The summed E-state index contributed by atoms with van der Waals surface area (Å²) in [5.41, 5.74) is -3.89. The van der Waals surface area contributed by atoms with Crippen molar-refractivity contribution in [1.29, 1.82) is 0 Å². The normalized spacial score (nSPS) is 16.4. The number of carbonyl (C=O) groups excluding carboxylic acids is 1. The van der Waals surface area contributed by atoms with Crippen LogP contribution in [0.4, 0.5) is 22.0 Å². The Labute approximate surface area is 232 Å². The van der Waals surface area contributed by atoms with E-state index >= 15 is 8.78 Å². The predicted octanol–water partition coefficient (Wildman–Crippen LogP) is 7.68. The maximum Gasteiger partial charge on any atom is 0.435 e. The third-order valence-electron chi connectivity index (χ3n) is 6.88. The number of rotatable bonds is 10. The number of carbonyl (C=O) groups is 1. The standard InChI is InChI=1S/C28H25F5O5S2/c29-27(30,31)26(21-14-7-8-15-21,28(32,33)40(35,36)37)38-23-16-9-17-24(25(23)20-12-5-2-6-13-20)39-18-22(34)19-10-3-1-4-11-19/h1-6,9-13,16-17,21H,7-8,14-15,18H2,(H,35,36,37). The molecule has 3 aromatic carbocycles. The first-order chi connectivity index (χ1) is 18.8. The number of Topliss-reactive ketones (excluding diaryl/α,β-unsaturated/α-hetero) is 1. The molecule has 4 rings (SSSR count). The van der Waals surface area contributed by atoms with Gasteiger partial charge in [-0.1, -0.05) is 79.6 Å². The number of thioether (sulfide) groups is 1. The first-order valence-electron chi connectivity index (χ1n) is 12.3. The fourth-order valence-electron chi connectivity index (χ4n) is 4.99. The van der Waals surface area contributed by atoms with Crippen LogP contribution in [0.25, 0.3) is 11.1 Å². The lowest BCUT2D eigenvalue weighted by molar-refractivity contribution is -0.317. The molecule has 0 aliphatic heterocycles. The zero-order valence-corrected chi connectivity index (χ0v) is 22.5. The third kappa shape index (κ3) is 5.61. The van der Waals surface area contributed by atoms with E-state index in [0.29, 0.717) is 11.1 Å². The lowest BCUT2D eigenvalue weighted by atomic mass is 9.84. The molecule has 0 amide bonds. The Morgan fingerprint density at radius 2 is 1.45 bits per heavy atom. The van der Waals surface area contributed by atoms with E-state index in [4.69, 9.17) is 4.74 Å². The maximum absolute atomic E-state index is 15.4. The zero-order valence-electron chi connectivity index (χ0n) is 20.9. The molecule has 1 N–H and O–H groups in total. The SMILES string of the molecule is O=C(CSc1cccc(OC(C2CCCC2)(C(F)(F)F)C(F)(F)S(=O)(=O)O)c1-c1ccccc1)c1ccccc1. The molecule has 3 aromatic rings. The summed E-state index contributed by atoms with van der Waals surface area (Å²) < 4.78 is 113. The molecule has 1 aliphatic carbocycles. The second-order valence-electron chi connectivity index (χ2n) is 9.38. The summed E-state index contributed by atoms with van der Waals surface area (Å²) in [7, 11) is -6.57. The summed E-state index contributed by atoms with van der Waals surface area (Å²) in [5.74, 6) is -3.01. The highest BCUT2D eigenvalue weighted by Gasteiger charge is 2.80. The Bertz CT molecular complexity index is 1440. The molecule has 0 radical (unpaired) electrons. The van der Waals surface area contributed by atoms with Gasteiger partial charge in [0, 0.05) is 21.9 Å². The van der Waals surface area contributed by atoms with E-state index in [1.165, 1.54) is 24.3 Å². The Hall–Kier alpha value is -2.96. The van der Waals surface area contributed by atoms with Crippen LogP contribution in [0.5, 0.6) is 5.75 Å². The fourth-order valence-corrected chi connectivity index (χ4v) is 6.69. The molecule has 1 atom stereocenters. The quantitative estimate of drug-likeness (QED) is 0.111. The minimum absolute atomic E-state index is 0.0216. The van der Waals surface area contributed by atoms with Crippen LogP contribution in [-0.2, 0) is 10.1 Å². The predicted molar refractivity (Wildman–Crippen MR) is 141 cm³/mol. The van der Waals surface area contributed by atoms with Gasteiger partial charge in [-0.25, -0.2) is 0 Å². The van der Waals surface area contributed by atoms with E-state index in [1.807, 2.05) is 0 Å². The Morgan fingerprint density at radius 3 is 2.00 bits per heavy atom. The van der Waals surface area contributed by atoms with Crippen LogP contribution in [0.3, 0.4) is 0 Å². The van der Waals surface area contributed by atoms with Gasteiger partial charge in [-0.15, -0.1) is 11.8 Å². The van der Waals surface area contributed by atoms with Crippen LogP contribution < -0.4 is 4.74 Å². The molecule has 0 bridgehead atoms. The van der Waals surface area contributed by atoms with Crippen LogP contribution in [0.1, 0.15) is 36.0 Å². The van der Waals surface area contributed by atoms with Crippen molar-refractivity contribution in [2.24, 2.45) is 5.92 Å². The van der Waals surface area contributed by atoms with Crippen molar-refractivity contribution in [1.82, 2.24) is 0 Å². The van der Waals surface area contributed by atoms with Gasteiger partial charge in [-0.3, -0.25) is 9.35 Å². The summed E-state index contributed by atoms with van der Waals surface area (Å²) >= 11 is 0.972. The molecule has 1 unspecified atom stereocenters. The molecule has 0 heterocycles. The Morgan fingerprint density at radius 1 is 0.875 bits per heavy atom. The van der Waals surface area contributed by atoms with Gasteiger partial charge in [-0.2, -0.15) is 30.4 Å². The van der Waals surface area contributed by atoms with E-state index in [0.717, 1.165) is 17.8 Å². The number of halogens is 5. The third-order valence-corrected chi connectivity index (χ3v) is 8.89. The van der Waals surface area contributed by atoms with Crippen LogP contribution in [-0.4, -0.2) is 41.5 Å². The molecule has 40 heavy (non-hydrogen) atoms. The number of alkyl halides is 5. The van der Waals surface area contributed by atoms with E-state index in [9.17, 15) is 30.9 Å². The maximum atomic E-state index is 15.4. The molecule has 214 valence electrons. The number of ether oxygens (including phenoxy) is 1. The Balaban J connectivity index is 1.87. The van der Waals surface area contributed by atoms with Gasteiger partial charge in [0.2, 0.25) is 0 Å². The highest BCUT2D eigenvalue weighted by atomic mass is 32.2. The lowest BCUT2D eigenvalue weighted by Gasteiger charge is -2.44.